The second kappa shape index (κ2) is 35.7. The van der Waals surface area contributed by atoms with Crippen molar-refractivity contribution in [2.45, 2.75) is 0 Å². The molecule has 0 heterocycles. The van der Waals surface area contributed by atoms with Gasteiger partial charge in [-0.05, 0) is 367 Å². The molecule has 0 heteroatoms. The van der Waals surface area contributed by atoms with Crippen molar-refractivity contribution < 1.29 is 0 Å². The minimum absolute atomic E-state index is 1.22. The Hall–Kier alpha value is -19.0. The van der Waals surface area contributed by atoms with Crippen LogP contribution < -0.4 is 0 Å². The Morgan fingerprint density at radius 3 is 0.356 bits per heavy atom. The molecule has 0 unspecified atom stereocenters. The highest BCUT2D eigenvalue weighted by atomic mass is 14.2. The third-order valence-corrected chi connectivity index (χ3v) is 30.9. The lowest BCUT2D eigenvalue weighted by atomic mass is 9.90. The molecule has 0 aromatic heterocycles. The normalized spacial score (nSPS) is 11.7. The quantitative estimate of drug-likeness (QED) is 0.120. The van der Waals surface area contributed by atoms with Gasteiger partial charge in [0.1, 0.15) is 0 Å². The van der Waals surface area contributed by atoms with E-state index in [-0.39, 0.29) is 0 Å². The molecule has 0 fully saturated rings. The zero-order valence-corrected chi connectivity index (χ0v) is 80.1. The minimum atomic E-state index is 1.22. The summed E-state index contributed by atoms with van der Waals surface area (Å²) in [5, 5.41) is 44.1. The molecule has 0 aliphatic heterocycles. The van der Waals surface area contributed by atoms with Crippen molar-refractivity contribution in [3.05, 3.63) is 558 Å². The molecule has 0 aliphatic carbocycles. The van der Waals surface area contributed by atoms with Crippen LogP contribution in [-0.2, 0) is 0 Å². The Morgan fingerprint density at radius 2 is 0.164 bits per heavy atom. The fourth-order valence-corrected chi connectivity index (χ4v) is 23.6. The van der Waals surface area contributed by atoms with Crippen LogP contribution in [0.3, 0.4) is 0 Å². The first-order valence-corrected chi connectivity index (χ1v) is 50.7. The lowest BCUT2D eigenvalue weighted by Crippen LogP contribution is -1.87. The predicted octanol–water partition coefficient (Wildman–Crippen LogP) is 41.3. The van der Waals surface area contributed by atoms with E-state index in [4.69, 9.17) is 0 Å². The van der Waals surface area contributed by atoms with E-state index in [9.17, 15) is 0 Å². The second-order valence-electron chi connectivity index (χ2n) is 39.1. The van der Waals surface area contributed by atoms with Crippen molar-refractivity contribution in [1.29, 1.82) is 0 Å². The Labute approximate surface area is 846 Å². The van der Waals surface area contributed by atoms with Crippen molar-refractivity contribution in [3.63, 3.8) is 0 Å². The summed E-state index contributed by atoms with van der Waals surface area (Å²) in [4.78, 5) is 0. The van der Waals surface area contributed by atoms with Crippen LogP contribution in [0.4, 0.5) is 0 Å². The monoisotopic (exact) mass is 1840 g/mol. The summed E-state index contributed by atoms with van der Waals surface area (Å²) in [5.41, 5.74) is 24.6. The van der Waals surface area contributed by atoms with E-state index in [0.717, 1.165) is 0 Å². The standard InChI is InChI=1S/C50H32.2C48H30/c1-2-9-33(10-3-1)36-17-18-39-30-42(22-21-38(39)28-36)43-24-23-40-29-37(19-20-41(40)31-43)34-11-8-12-35(27-34)44-25-26-49-47-15-5-4-13-45(47)46-14-6-7-16-48(46)50(49)32-44;1-3-19-41-37(15-1)39-17-5-7-21-43(39)47-29-35(23-25-45(41)47)33-13-9-11-31(27-33)32-12-10-14-34(28-32)36-24-26-46-42-20-4-2-16-38(42)40-18-6-8-22-44(40)48(46)30-36;1-3-13-41-37(9-1)39-11-5-7-15-43(39)47-29-35(25-27-45(41)47)33-21-17-31(18-22-33)32-19-23-34(24-20-32)36-26-28-46-42-14-4-2-10-38(42)40-12-6-8-16-44(40)48(46)30-36/h1-32H;2*1-30H. The summed E-state index contributed by atoms with van der Waals surface area (Å²) < 4.78 is 0. The van der Waals surface area contributed by atoms with Crippen molar-refractivity contribution in [1.82, 2.24) is 0 Å². The molecule has 0 atom stereocenters. The van der Waals surface area contributed by atoms with Gasteiger partial charge in [-0.25, -0.2) is 0 Å². The fraction of sp³-hybridized carbons (Fsp3) is 0. The summed E-state index contributed by atoms with van der Waals surface area (Å²) in [5.74, 6) is 0. The maximum absolute atomic E-state index is 2.38. The van der Waals surface area contributed by atoms with Crippen LogP contribution in [-0.4, -0.2) is 0 Å². The SMILES string of the molecule is c1cc(-c2cccc(-c3ccc4c5ccccc5c5ccccc5c4c3)c2)cc(-c2ccc3c4ccccc4c4ccccc4c3c2)c1.c1ccc(-c2ccc3cc(-c4ccc5cc(-c6cccc(-c7ccc8c9ccccc9c9ccccc9c8c7)c6)ccc5c4)ccc3c2)cc1.c1ccc2c(c1)c1ccccc1c1cc(-c3ccc(-c4ccc(-c5ccc6c7ccccc7c7ccccc7c6c5)cc4)cc3)ccc21. The number of hydrogen-bond acceptors (Lipinski definition) is 0. The van der Waals surface area contributed by atoms with E-state index in [0.29, 0.717) is 0 Å². The summed E-state index contributed by atoms with van der Waals surface area (Å²) in [7, 11) is 0. The van der Waals surface area contributed by atoms with Crippen LogP contribution in [0.25, 0.3) is 294 Å². The lowest BCUT2D eigenvalue weighted by Gasteiger charge is -2.13. The van der Waals surface area contributed by atoms with Crippen LogP contribution in [0.2, 0.25) is 0 Å². The average molecular weight is 1850 g/mol. The van der Waals surface area contributed by atoms with Crippen LogP contribution in [0.5, 0.6) is 0 Å². The van der Waals surface area contributed by atoms with Crippen molar-refractivity contribution in [3.8, 4) is 111 Å². The molecule has 30 rings (SSSR count). The van der Waals surface area contributed by atoms with Gasteiger partial charge >= 0.3 is 0 Å². The van der Waals surface area contributed by atoms with Crippen molar-refractivity contribution in [2.75, 3.05) is 0 Å². The maximum atomic E-state index is 2.38. The third-order valence-electron chi connectivity index (χ3n) is 30.9. The van der Waals surface area contributed by atoms with E-state index < -0.39 is 0 Å². The van der Waals surface area contributed by atoms with Gasteiger partial charge in [0, 0.05) is 0 Å². The van der Waals surface area contributed by atoms with E-state index in [1.54, 1.807) is 0 Å². The molecule has 0 N–H and O–H groups in total. The van der Waals surface area contributed by atoms with Crippen LogP contribution >= 0.6 is 0 Å². The van der Waals surface area contributed by atoms with Crippen LogP contribution in [0, 0.1) is 0 Å². The highest BCUT2D eigenvalue weighted by Gasteiger charge is 2.20. The smallest absolute Gasteiger partial charge is 0.00928 e. The molecule has 0 saturated heterocycles. The molecule has 0 nitrogen and oxygen atoms in total. The zero-order chi connectivity index (χ0) is 96.2. The van der Waals surface area contributed by atoms with Gasteiger partial charge in [-0.1, -0.05) is 485 Å². The Bertz CT molecular complexity index is 9990. The first kappa shape index (κ1) is 85.0. The molecule has 0 amide bonds. The zero-order valence-electron chi connectivity index (χ0n) is 80.1. The molecular weight excluding hydrogens is 1750 g/mol. The van der Waals surface area contributed by atoms with Gasteiger partial charge in [-0.2, -0.15) is 0 Å². The van der Waals surface area contributed by atoms with Crippen LogP contribution in [0.15, 0.2) is 558 Å². The molecule has 146 heavy (non-hydrogen) atoms. The van der Waals surface area contributed by atoms with Crippen molar-refractivity contribution >= 4 is 183 Å². The Balaban J connectivity index is 0.000000106. The van der Waals surface area contributed by atoms with E-state index in [1.807, 2.05) is 0 Å². The largest absolute Gasteiger partial charge is 0.0622 e. The molecule has 0 aliphatic rings. The summed E-state index contributed by atoms with van der Waals surface area (Å²) in [6, 6.07) is 205. The highest BCUT2D eigenvalue weighted by Crippen LogP contribution is 2.47. The molecule has 0 bridgehead atoms. The fourth-order valence-electron chi connectivity index (χ4n) is 23.6. The number of rotatable bonds is 10. The predicted molar refractivity (Wildman–Crippen MR) is 631 cm³/mol. The summed E-state index contributed by atoms with van der Waals surface area (Å²) >= 11 is 0. The van der Waals surface area contributed by atoms with Gasteiger partial charge in [0.05, 0.1) is 0 Å². The highest BCUT2D eigenvalue weighted by molar-refractivity contribution is 6.31. The van der Waals surface area contributed by atoms with Gasteiger partial charge in [0.15, 0.2) is 0 Å². The van der Waals surface area contributed by atoms with E-state index in [2.05, 4.69) is 558 Å². The molecule has 676 valence electrons. The number of hydrogen-bond donors (Lipinski definition) is 0. The molecule has 0 radical (unpaired) electrons. The van der Waals surface area contributed by atoms with Gasteiger partial charge in [0.2, 0.25) is 0 Å². The van der Waals surface area contributed by atoms with Crippen LogP contribution in [0.1, 0.15) is 0 Å². The summed E-state index contributed by atoms with van der Waals surface area (Å²) in [6.45, 7) is 0. The van der Waals surface area contributed by atoms with E-state index in [1.165, 1.54) is 294 Å². The molecule has 30 aromatic rings. The Morgan fingerprint density at radius 1 is 0.0548 bits per heavy atom. The molecular formula is C146H92. The van der Waals surface area contributed by atoms with Gasteiger partial charge in [-0.3, -0.25) is 0 Å². The lowest BCUT2D eigenvalue weighted by molar-refractivity contribution is 1.59. The first-order valence-electron chi connectivity index (χ1n) is 50.7. The summed E-state index contributed by atoms with van der Waals surface area (Å²) in [6.07, 6.45) is 0. The molecule has 0 saturated carbocycles. The Kier molecular flexibility index (Phi) is 20.8. The average Bonchev–Trinajstić information content (AvgIpc) is 0.753. The molecule has 30 aromatic carbocycles. The molecule has 0 spiro atoms. The third kappa shape index (κ3) is 15.0. The van der Waals surface area contributed by atoms with Gasteiger partial charge < -0.3 is 0 Å². The van der Waals surface area contributed by atoms with Gasteiger partial charge in [0.25, 0.3) is 0 Å². The number of fused-ring (bicyclic) bond motifs is 32. The van der Waals surface area contributed by atoms with Gasteiger partial charge in [-0.15, -0.1) is 0 Å². The number of benzene rings is 30. The minimum Gasteiger partial charge on any atom is -0.0622 e. The van der Waals surface area contributed by atoms with E-state index >= 15 is 0 Å². The second-order valence-corrected chi connectivity index (χ2v) is 39.1. The topological polar surface area (TPSA) is 0 Å². The first-order chi connectivity index (χ1) is 72.3. The maximum Gasteiger partial charge on any atom is -0.00928 e. The van der Waals surface area contributed by atoms with Crippen molar-refractivity contribution in [2.24, 2.45) is 0 Å².